The number of nitrogens with zero attached hydrogens (tertiary/aromatic N) is 1. The molecule has 0 unspecified atom stereocenters. The molecule has 2 saturated carbocycles. The Labute approximate surface area is 172 Å². The highest BCUT2D eigenvalue weighted by Crippen LogP contribution is 2.39. The molecule has 0 aromatic heterocycles. The number of ether oxygens (including phenoxy) is 1. The molecule has 2 fully saturated rings. The molecule has 1 aromatic rings. The number of rotatable bonds is 6. The molecule has 0 heterocycles. The van der Waals surface area contributed by atoms with Crippen LogP contribution in [0.4, 0.5) is 8.78 Å². The SMILES string of the molecule is CCCC1CCC(CC2CCC(C(=O)Oc3cc(F)c(C#N)c(F)c3)CC2)CC1. The first kappa shape index (κ1) is 21.7. The lowest BCUT2D eigenvalue weighted by molar-refractivity contribution is -0.140. The van der Waals surface area contributed by atoms with Crippen molar-refractivity contribution in [3.8, 4) is 11.8 Å². The summed E-state index contributed by atoms with van der Waals surface area (Å²) in [5.74, 6) is -0.382. The van der Waals surface area contributed by atoms with E-state index in [0.29, 0.717) is 5.92 Å². The minimum Gasteiger partial charge on any atom is -0.426 e. The zero-order chi connectivity index (χ0) is 20.8. The Kier molecular flexibility index (Phi) is 7.64. The zero-order valence-electron chi connectivity index (χ0n) is 17.3. The number of hydrogen-bond donors (Lipinski definition) is 0. The standard InChI is InChI=1S/C24H31F2NO2/c1-2-3-16-4-6-17(7-5-16)12-18-8-10-19(11-9-18)24(28)29-20-13-22(25)21(15-27)23(26)14-20/h13-14,16-19H,2-12H2,1H3. The first-order valence-electron chi connectivity index (χ1n) is 11.1. The molecule has 0 amide bonds. The van der Waals surface area contributed by atoms with Gasteiger partial charge in [0.2, 0.25) is 0 Å². The Bertz CT molecular complexity index is 719. The van der Waals surface area contributed by atoms with E-state index in [1.54, 1.807) is 0 Å². The number of halogens is 2. The van der Waals surface area contributed by atoms with E-state index in [1.807, 2.05) is 0 Å². The predicted molar refractivity (Wildman–Crippen MR) is 107 cm³/mol. The second-order valence-corrected chi connectivity index (χ2v) is 8.92. The molecule has 158 valence electrons. The summed E-state index contributed by atoms with van der Waals surface area (Å²) in [5.41, 5.74) is -0.658. The molecular formula is C24H31F2NO2. The summed E-state index contributed by atoms with van der Waals surface area (Å²) in [6, 6.07) is 3.27. The minimum absolute atomic E-state index is 0.171. The third-order valence-electron chi connectivity index (χ3n) is 6.86. The topological polar surface area (TPSA) is 50.1 Å². The number of hydrogen-bond acceptors (Lipinski definition) is 3. The van der Waals surface area contributed by atoms with E-state index < -0.39 is 23.2 Å². The van der Waals surface area contributed by atoms with Crippen LogP contribution in [0.5, 0.6) is 5.75 Å². The van der Waals surface area contributed by atoms with Gasteiger partial charge in [0, 0.05) is 12.1 Å². The Balaban J connectivity index is 1.44. The van der Waals surface area contributed by atoms with Crippen LogP contribution in [-0.2, 0) is 4.79 Å². The molecule has 3 nitrogen and oxygen atoms in total. The Morgan fingerprint density at radius 2 is 1.52 bits per heavy atom. The zero-order valence-corrected chi connectivity index (χ0v) is 17.3. The van der Waals surface area contributed by atoms with Crippen molar-refractivity contribution >= 4 is 5.97 Å². The highest BCUT2D eigenvalue weighted by Gasteiger charge is 2.30. The number of carbonyl (C=O) groups is 1. The summed E-state index contributed by atoms with van der Waals surface area (Å²) in [6.07, 6.45) is 13.0. The molecule has 0 radical (unpaired) electrons. The summed E-state index contributed by atoms with van der Waals surface area (Å²) < 4.78 is 32.6. The van der Waals surface area contributed by atoms with Crippen molar-refractivity contribution < 1.29 is 18.3 Å². The van der Waals surface area contributed by atoms with Gasteiger partial charge in [-0.2, -0.15) is 5.26 Å². The highest BCUT2D eigenvalue weighted by molar-refractivity contribution is 5.75. The maximum atomic E-state index is 13.7. The molecule has 1 aromatic carbocycles. The van der Waals surface area contributed by atoms with E-state index >= 15 is 0 Å². The Hall–Kier alpha value is -1.96. The van der Waals surface area contributed by atoms with Gasteiger partial charge in [-0.25, -0.2) is 8.78 Å². The lowest BCUT2D eigenvalue weighted by Gasteiger charge is -2.33. The summed E-state index contributed by atoms with van der Waals surface area (Å²) in [6.45, 7) is 2.27. The maximum Gasteiger partial charge on any atom is 0.314 e. The van der Waals surface area contributed by atoms with Crippen molar-refractivity contribution in [1.29, 1.82) is 5.26 Å². The van der Waals surface area contributed by atoms with Crippen LogP contribution in [0.2, 0.25) is 0 Å². The van der Waals surface area contributed by atoms with Gasteiger partial charge in [0.1, 0.15) is 29.0 Å². The minimum atomic E-state index is -1.01. The third kappa shape index (κ3) is 5.78. The highest BCUT2D eigenvalue weighted by atomic mass is 19.1. The second kappa shape index (κ2) is 10.2. The average Bonchev–Trinajstić information content (AvgIpc) is 2.70. The van der Waals surface area contributed by atoms with E-state index in [1.165, 1.54) is 51.0 Å². The lowest BCUT2D eigenvalue weighted by atomic mass is 9.72. The van der Waals surface area contributed by atoms with Gasteiger partial charge < -0.3 is 4.74 Å². The van der Waals surface area contributed by atoms with Crippen LogP contribution in [0.1, 0.15) is 83.1 Å². The van der Waals surface area contributed by atoms with E-state index in [-0.39, 0.29) is 11.7 Å². The van der Waals surface area contributed by atoms with Gasteiger partial charge in [0.25, 0.3) is 0 Å². The Morgan fingerprint density at radius 3 is 2.03 bits per heavy atom. The van der Waals surface area contributed by atoms with Gasteiger partial charge in [-0.1, -0.05) is 45.4 Å². The van der Waals surface area contributed by atoms with Crippen LogP contribution < -0.4 is 4.74 Å². The molecule has 29 heavy (non-hydrogen) atoms. The Morgan fingerprint density at radius 1 is 1.00 bits per heavy atom. The van der Waals surface area contributed by atoms with Crippen LogP contribution in [0.15, 0.2) is 12.1 Å². The first-order chi connectivity index (χ1) is 14.0. The van der Waals surface area contributed by atoms with E-state index in [9.17, 15) is 13.6 Å². The molecule has 0 aliphatic heterocycles. The quantitative estimate of drug-likeness (QED) is 0.400. The van der Waals surface area contributed by atoms with Crippen LogP contribution in [0.25, 0.3) is 0 Å². The van der Waals surface area contributed by atoms with Gasteiger partial charge in [-0.05, 0) is 49.9 Å². The van der Waals surface area contributed by atoms with Crippen molar-refractivity contribution in [2.24, 2.45) is 23.7 Å². The van der Waals surface area contributed by atoms with Gasteiger partial charge >= 0.3 is 5.97 Å². The fourth-order valence-electron chi connectivity index (χ4n) is 5.18. The second-order valence-electron chi connectivity index (χ2n) is 8.92. The smallest absolute Gasteiger partial charge is 0.314 e. The van der Waals surface area contributed by atoms with E-state index in [0.717, 1.165) is 49.7 Å². The van der Waals surface area contributed by atoms with Crippen molar-refractivity contribution in [3.05, 3.63) is 29.3 Å². The molecule has 0 bridgehead atoms. The number of carbonyl (C=O) groups excluding carboxylic acids is 1. The van der Waals surface area contributed by atoms with Crippen LogP contribution in [0.3, 0.4) is 0 Å². The average molecular weight is 404 g/mol. The molecular weight excluding hydrogens is 372 g/mol. The lowest BCUT2D eigenvalue weighted by Crippen LogP contribution is -2.27. The molecule has 5 heteroatoms. The normalized spacial score (nSPS) is 27.2. The molecule has 0 spiro atoms. The third-order valence-corrected chi connectivity index (χ3v) is 6.86. The van der Waals surface area contributed by atoms with Crippen molar-refractivity contribution in [1.82, 2.24) is 0 Å². The fourth-order valence-corrected chi connectivity index (χ4v) is 5.18. The van der Waals surface area contributed by atoms with Crippen LogP contribution in [-0.4, -0.2) is 5.97 Å². The summed E-state index contributed by atoms with van der Waals surface area (Å²) in [7, 11) is 0. The van der Waals surface area contributed by atoms with Crippen molar-refractivity contribution in [3.63, 3.8) is 0 Å². The van der Waals surface area contributed by atoms with Gasteiger partial charge in [0.15, 0.2) is 0 Å². The summed E-state index contributed by atoms with van der Waals surface area (Å²) in [4.78, 5) is 12.4. The molecule has 3 rings (SSSR count). The summed E-state index contributed by atoms with van der Waals surface area (Å²) >= 11 is 0. The number of benzene rings is 1. The predicted octanol–water partition coefficient (Wildman–Crippen LogP) is 6.54. The van der Waals surface area contributed by atoms with Crippen molar-refractivity contribution in [2.45, 2.75) is 77.6 Å². The number of nitriles is 1. The summed E-state index contributed by atoms with van der Waals surface area (Å²) in [5, 5.41) is 8.72. The van der Waals surface area contributed by atoms with Crippen LogP contribution >= 0.6 is 0 Å². The fraction of sp³-hybridized carbons (Fsp3) is 0.667. The molecule has 0 atom stereocenters. The van der Waals surface area contributed by atoms with Gasteiger partial charge in [-0.15, -0.1) is 0 Å². The molecule has 2 aliphatic carbocycles. The maximum absolute atomic E-state index is 13.7. The first-order valence-corrected chi connectivity index (χ1v) is 11.1. The molecule has 0 N–H and O–H groups in total. The van der Waals surface area contributed by atoms with Gasteiger partial charge in [0.05, 0.1) is 5.92 Å². The van der Waals surface area contributed by atoms with Crippen LogP contribution in [0, 0.1) is 46.6 Å². The van der Waals surface area contributed by atoms with Crippen molar-refractivity contribution in [2.75, 3.05) is 0 Å². The van der Waals surface area contributed by atoms with E-state index in [2.05, 4.69) is 6.92 Å². The largest absolute Gasteiger partial charge is 0.426 e. The monoisotopic (exact) mass is 403 g/mol. The van der Waals surface area contributed by atoms with E-state index in [4.69, 9.17) is 10.00 Å². The molecule has 0 saturated heterocycles. The molecule has 2 aliphatic rings. The number of esters is 1. The van der Waals surface area contributed by atoms with Gasteiger partial charge in [-0.3, -0.25) is 4.79 Å².